The van der Waals surface area contributed by atoms with E-state index < -0.39 is 40.8 Å². The summed E-state index contributed by atoms with van der Waals surface area (Å²) in [5, 5.41) is 23.8. The second-order valence-electron chi connectivity index (χ2n) is 8.54. The highest BCUT2D eigenvalue weighted by Crippen LogP contribution is 2.42. The van der Waals surface area contributed by atoms with Crippen LogP contribution in [0.2, 0.25) is 0 Å². The van der Waals surface area contributed by atoms with Crippen LogP contribution in [-0.2, 0) is 31.3 Å². The monoisotopic (exact) mass is 475 g/mol. The van der Waals surface area contributed by atoms with Crippen LogP contribution in [0.3, 0.4) is 0 Å². The van der Waals surface area contributed by atoms with Crippen LogP contribution in [0.1, 0.15) is 43.1 Å². The topological polar surface area (TPSA) is 148 Å². The lowest BCUT2D eigenvalue weighted by Crippen LogP contribution is -2.46. The van der Waals surface area contributed by atoms with Crippen LogP contribution < -0.4 is 10.9 Å². The van der Waals surface area contributed by atoms with Crippen LogP contribution in [-0.4, -0.2) is 37.6 Å². The van der Waals surface area contributed by atoms with Crippen LogP contribution >= 0.6 is 0 Å². The molecule has 10 heteroatoms. The summed E-state index contributed by atoms with van der Waals surface area (Å²) >= 11 is 0. The first-order valence-corrected chi connectivity index (χ1v) is 11.0. The molecule has 1 aromatic carbocycles. The highest BCUT2D eigenvalue weighted by Gasteiger charge is 2.48. The third-order valence-electron chi connectivity index (χ3n) is 6.38. The first kappa shape index (κ1) is 22.5. The minimum absolute atomic E-state index is 0.0316. The molecule has 0 saturated carbocycles. The number of rotatable bonds is 4. The molecule has 2 atom stereocenters. The number of hydrogen-bond donors (Lipinski definition) is 3. The SMILES string of the molecule is CC[C@@]1(O)C(=O)OC(/C=C(\NC(C)=O)C(=O)O)c2c1cc1n(c2=O)Cc2cc3ccccc3nc2-1. The number of para-hydroxylation sites is 1. The molecule has 0 spiro atoms. The van der Waals surface area contributed by atoms with Gasteiger partial charge in [0.1, 0.15) is 5.70 Å². The number of aliphatic carboxylic acids is 1. The maximum absolute atomic E-state index is 13.7. The fraction of sp³-hybridized carbons (Fsp3) is 0.240. The predicted molar refractivity (Wildman–Crippen MR) is 123 cm³/mol. The molecule has 35 heavy (non-hydrogen) atoms. The average molecular weight is 475 g/mol. The van der Waals surface area contributed by atoms with E-state index in [1.807, 2.05) is 30.3 Å². The summed E-state index contributed by atoms with van der Waals surface area (Å²) in [6, 6.07) is 11.0. The van der Waals surface area contributed by atoms with Crippen molar-refractivity contribution in [2.45, 2.75) is 38.5 Å². The number of nitrogens with one attached hydrogen (secondary N) is 1. The molecular weight excluding hydrogens is 454 g/mol. The molecule has 2 aliphatic rings. The van der Waals surface area contributed by atoms with Gasteiger partial charge in [-0.2, -0.15) is 0 Å². The van der Waals surface area contributed by atoms with Gasteiger partial charge in [-0.1, -0.05) is 25.1 Å². The average Bonchev–Trinajstić information content (AvgIpc) is 3.17. The van der Waals surface area contributed by atoms with E-state index in [0.717, 1.165) is 29.5 Å². The number of nitrogens with zero attached hydrogens (tertiary/aromatic N) is 2. The summed E-state index contributed by atoms with van der Waals surface area (Å²) in [7, 11) is 0. The Hall–Kier alpha value is -4.31. The van der Waals surface area contributed by atoms with E-state index in [2.05, 4.69) is 5.32 Å². The summed E-state index contributed by atoms with van der Waals surface area (Å²) in [6.45, 7) is 2.91. The van der Waals surface area contributed by atoms with E-state index in [9.17, 15) is 29.4 Å². The molecule has 0 saturated heterocycles. The Labute approximate surface area is 198 Å². The Bertz CT molecular complexity index is 1540. The number of aromatic nitrogens is 2. The van der Waals surface area contributed by atoms with Crippen molar-refractivity contribution >= 4 is 28.7 Å². The van der Waals surface area contributed by atoms with Crippen molar-refractivity contribution in [3.8, 4) is 11.4 Å². The van der Waals surface area contributed by atoms with Crippen LogP contribution in [0.4, 0.5) is 0 Å². The standard InChI is InChI=1S/C25H21N3O7/c1-3-25(34)15-9-18-21-14(8-13-6-4-5-7-16(13)27-21)11-28(18)22(30)20(15)19(35-24(25)33)10-17(23(31)32)26-12(2)29/h4-10,19,34H,3,11H2,1-2H3,(H,26,29)(H,31,32)/b17-10-/t19?,25-/m0/s1. The lowest BCUT2D eigenvalue weighted by atomic mass is 9.83. The number of carbonyl (C=O) groups is 3. The molecular formula is C25H21N3O7. The van der Waals surface area contributed by atoms with Crippen molar-refractivity contribution in [1.29, 1.82) is 0 Å². The second-order valence-corrected chi connectivity index (χ2v) is 8.54. The van der Waals surface area contributed by atoms with Gasteiger partial charge >= 0.3 is 11.9 Å². The van der Waals surface area contributed by atoms with E-state index in [4.69, 9.17) is 9.72 Å². The highest BCUT2D eigenvalue weighted by atomic mass is 16.6. The van der Waals surface area contributed by atoms with Crippen molar-refractivity contribution in [3.05, 3.63) is 75.2 Å². The number of hydrogen-bond acceptors (Lipinski definition) is 7. The fourth-order valence-corrected chi connectivity index (χ4v) is 4.65. The van der Waals surface area contributed by atoms with E-state index in [-0.39, 0.29) is 24.1 Å². The Morgan fingerprint density at radius 1 is 1.29 bits per heavy atom. The van der Waals surface area contributed by atoms with Gasteiger partial charge in [0.25, 0.3) is 5.56 Å². The van der Waals surface area contributed by atoms with E-state index >= 15 is 0 Å². The summed E-state index contributed by atoms with van der Waals surface area (Å²) in [4.78, 5) is 54.4. The van der Waals surface area contributed by atoms with Crippen molar-refractivity contribution in [3.63, 3.8) is 0 Å². The zero-order valence-corrected chi connectivity index (χ0v) is 18.9. The maximum atomic E-state index is 13.7. The quantitative estimate of drug-likeness (QED) is 0.299. The molecule has 0 radical (unpaired) electrons. The molecule has 2 aliphatic heterocycles. The number of aliphatic hydroxyl groups is 1. The summed E-state index contributed by atoms with van der Waals surface area (Å²) < 4.78 is 6.82. The number of carboxylic acids is 1. The number of amides is 1. The summed E-state index contributed by atoms with van der Waals surface area (Å²) in [6.07, 6.45) is -0.518. The van der Waals surface area contributed by atoms with Crippen LogP contribution in [0.15, 0.2) is 53.0 Å². The third kappa shape index (κ3) is 3.41. The Balaban J connectivity index is 1.76. The van der Waals surface area contributed by atoms with Crippen molar-refractivity contribution in [2.75, 3.05) is 0 Å². The molecule has 3 aromatic rings. The van der Waals surface area contributed by atoms with Gasteiger partial charge in [0.2, 0.25) is 5.91 Å². The molecule has 1 amide bonds. The number of esters is 1. The molecule has 3 N–H and O–H groups in total. The maximum Gasteiger partial charge on any atom is 0.352 e. The van der Waals surface area contributed by atoms with Gasteiger partial charge in [0.15, 0.2) is 11.7 Å². The molecule has 0 bridgehead atoms. The Morgan fingerprint density at radius 3 is 2.71 bits per heavy atom. The van der Waals surface area contributed by atoms with E-state index in [0.29, 0.717) is 11.4 Å². The molecule has 1 unspecified atom stereocenters. The number of fused-ring (bicyclic) bond motifs is 5. The van der Waals surface area contributed by atoms with Gasteiger partial charge in [0, 0.05) is 23.4 Å². The molecule has 5 rings (SSSR count). The zero-order chi connectivity index (χ0) is 25.1. The normalized spacial score (nSPS) is 20.6. The van der Waals surface area contributed by atoms with Crippen molar-refractivity contribution < 1.29 is 29.3 Å². The first-order chi connectivity index (χ1) is 16.6. The summed E-state index contributed by atoms with van der Waals surface area (Å²) in [5.74, 6) is -3.14. The zero-order valence-electron chi connectivity index (χ0n) is 18.9. The molecule has 10 nitrogen and oxygen atoms in total. The van der Waals surface area contributed by atoms with Gasteiger partial charge in [-0.15, -0.1) is 0 Å². The van der Waals surface area contributed by atoms with Gasteiger partial charge in [-0.05, 0) is 30.7 Å². The smallest absolute Gasteiger partial charge is 0.352 e. The van der Waals surface area contributed by atoms with Crippen LogP contribution in [0.25, 0.3) is 22.3 Å². The third-order valence-corrected chi connectivity index (χ3v) is 6.38. The number of cyclic esters (lactones) is 1. The van der Waals surface area contributed by atoms with Crippen LogP contribution in [0, 0.1) is 0 Å². The summed E-state index contributed by atoms with van der Waals surface area (Å²) in [5.41, 5.74) is -0.702. The Morgan fingerprint density at radius 2 is 2.03 bits per heavy atom. The van der Waals surface area contributed by atoms with Crippen molar-refractivity contribution in [2.24, 2.45) is 0 Å². The molecule has 178 valence electrons. The predicted octanol–water partition coefficient (Wildman–Crippen LogP) is 1.73. The van der Waals surface area contributed by atoms with Crippen LogP contribution in [0.5, 0.6) is 0 Å². The lowest BCUT2D eigenvalue weighted by molar-refractivity contribution is -0.175. The van der Waals surface area contributed by atoms with Gasteiger partial charge in [-0.3, -0.25) is 9.59 Å². The minimum Gasteiger partial charge on any atom is -0.477 e. The lowest BCUT2D eigenvalue weighted by Gasteiger charge is -2.35. The first-order valence-electron chi connectivity index (χ1n) is 11.0. The molecule has 0 fully saturated rings. The largest absolute Gasteiger partial charge is 0.477 e. The number of carboxylic acid groups (broad SMARTS) is 1. The van der Waals surface area contributed by atoms with Gasteiger partial charge in [0.05, 0.1) is 29.0 Å². The van der Waals surface area contributed by atoms with Gasteiger partial charge < -0.3 is 24.8 Å². The highest BCUT2D eigenvalue weighted by molar-refractivity contribution is 5.92. The van der Waals surface area contributed by atoms with E-state index in [1.165, 1.54) is 4.57 Å². The number of carbonyl (C=O) groups excluding carboxylic acids is 2. The van der Waals surface area contributed by atoms with E-state index in [1.54, 1.807) is 13.0 Å². The minimum atomic E-state index is -2.11. The Kier molecular flexibility index (Phi) is 5.06. The number of pyridine rings is 2. The van der Waals surface area contributed by atoms with Crippen molar-refractivity contribution in [1.82, 2.24) is 14.9 Å². The number of ether oxygens (including phenoxy) is 1. The van der Waals surface area contributed by atoms with Gasteiger partial charge in [-0.25, -0.2) is 14.6 Å². The molecule has 0 aliphatic carbocycles. The molecule has 2 aromatic heterocycles. The fourth-order valence-electron chi connectivity index (χ4n) is 4.65. The number of benzene rings is 1. The molecule has 4 heterocycles. The second kappa shape index (κ2) is 7.88.